The normalized spacial score (nSPS) is 20.2. The van der Waals surface area contributed by atoms with Crippen LogP contribution in [0.15, 0.2) is 41.6 Å². The van der Waals surface area contributed by atoms with E-state index >= 15 is 0 Å². The molecule has 2 heterocycles. The predicted molar refractivity (Wildman–Crippen MR) is 104 cm³/mol. The third-order valence-corrected chi connectivity index (χ3v) is 5.81. The Morgan fingerprint density at radius 2 is 1.86 bits per heavy atom. The van der Waals surface area contributed by atoms with E-state index in [0.717, 1.165) is 31.5 Å². The second-order valence-electron chi connectivity index (χ2n) is 7.00. The summed E-state index contributed by atoms with van der Waals surface area (Å²) in [6.07, 6.45) is 5.57. The summed E-state index contributed by atoms with van der Waals surface area (Å²) in [5, 5.41) is 14.9. The van der Waals surface area contributed by atoms with Gasteiger partial charge in [-0.05, 0) is 49.9 Å². The Morgan fingerprint density at radius 3 is 2.54 bits per heavy atom. The van der Waals surface area contributed by atoms with Crippen LogP contribution in [0.4, 0.5) is 17.3 Å². The molecule has 0 bridgehead atoms. The number of hydrogen-bond acceptors (Lipinski definition) is 7. The van der Waals surface area contributed by atoms with E-state index in [1.54, 1.807) is 23.0 Å². The van der Waals surface area contributed by atoms with Crippen molar-refractivity contribution >= 4 is 33.1 Å². The molecule has 11 heteroatoms. The molecule has 1 aromatic carbocycles. The molecule has 0 radical (unpaired) electrons. The number of nitrogens with one attached hydrogen (secondary N) is 3. The van der Waals surface area contributed by atoms with Gasteiger partial charge in [-0.15, -0.1) is 4.52 Å². The van der Waals surface area contributed by atoms with Gasteiger partial charge in [-0.1, -0.05) is 9.97 Å². The van der Waals surface area contributed by atoms with E-state index in [-0.39, 0.29) is 10.9 Å². The standard InChI is InChI=1S/C17H22N8O2S/c18-11-1-3-12(4-2-11)22-15-9-16(25-17(24-15)20-10-21-25)23-13-5-7-14(8-6-13)28(19,26)27/h5-12H,1-4,18H2,(H4,19,20,21,22,23,24,26,27)/p+1. The number of benzene rings is 1. The molecule has 0 atom stereocenters. The van der Waals surface area contributed by atoms with Crippen LogP contribution in [0.3, 0.4) is 0 Å². The van der Waals surface area contributed by atoms with Crippen molar-refractivity contribution in [3.63, 3.8) is 0 Å². The van der Waals surface area contributed by atoms with Crippen LogP contribution in [0.1, 0.15) is 25.7 Å². The highest BCUT2D eigenvalue weighted by atomic mass is 32.2. The number of nitrogens with zero attached hydrogens (tertiary/aromatic N) is 3. The van der Waals surface area contributed by atoms with Gasteiger partial charge in [-0.25, -0.2) is 18.7 Å². The zero-order chi connectivity index (χ0) is 19.7. The fourth-order valence-corrected chi connectivity index (χ4v) is 3.88. The van der Waals surface area contributed by atoms with Gasteiger partial charge in [0.15, 0.2) is 12.1 Å². The van der Waals surface area contributed by atoms with Crippen molar-refractivity contribution in [3.05, 3.63) is 36.7 Å². The summed E-state index contributed by atoms with van der Waals surface area (Å²) in [4.78, 5) is 8.83. The van der Waals surface area contributed by atoms with Gasteiger partial charge in [-0.3, -0.25) is 5.32 Å². The van der Waals surface area contributed by atoms with E-state index in [1.165, 1.54) is 12.1 Å². The largest absolute Gasteiger partial charge is 0.410 e. The van der Waals surface area contributed by atoms with Gasteiger partial charge >= 0.3 is 5.78 Å². The Hall–Kier alpha value is -2.76. The monoisotopic (exact) mass is 403 g/mol. The van der Waals surface area contributed by atoms with E-state index in [9.17, 15) is 8.42 Å². The second kappa shape index (κ2) is 7.34. The van der Waals surface area contributed by atoms with Gasteiger partial charge in [0.25, 0.3) is 0 Å². The van der Waals surface area contributed by atoms with Crippen LogP contribution in [0.2, 0.25) is 0 Å². The number of hydrogen-bond donors (Lipinski definition) is 5. The Balaban J connectivity index is 1.58. The predicted octanol–water partition coefficient (Wildman–Crippen LogP) is 0.616. The van der Waals surface area contributed by atoms with E-state index < -0.39 is 10.0 Å². The molecule has 1 fully saturated rings. The van der Waals surface area contributed by atoms with Crippen LogP contribution in [0, 0.1) is 0 Å². The van der Waals surface area contributed by atoms with Gasteiger partial charge < -0.3 is 11.1 Å². The maximum atomic E-state index is 11.4. The third kappa shape index (κ3) is 4.06. The zero-order valence-electron chi connectivity index (χ0n) is 15.2. The zero-order valence-corrected chi connectivity index (χ0v) is 16.0. The second-order valence-corrected chi connectivity index (χ2v) is 8.56. The highest BCUT2D eigenvalue weighted by molar-refractivity contribution is 7.89. The Labute approximate surface area is 162 Å². The average Bonchev–Trinajstić information content (AvgIpc) is 3.12. The maximum absolute atomic E-state index is 11.4. The van der Waals surface area contributed by atoms with Crippen LogP contribution in [0.25, 0.3) is 5.78 Å². The Morgan fingerprint density at radius 1 is 1.14 bits per heavy atom. The molecule has 2 aromatic heterocycles. The molecule has 148 valence electrons. The third-order valence-electron chi connectivity index (χ3n) is 4.88. The smallest absolute Gasteiger partial charge is 0.357 e. The number of sulfonamides is 1. The van der Waals surface area contributed by atoms with Crippen LogP contribution >= 0.6 is 0 Å². The van der Waals surface area contributed by atoms with Gasteiger partial charge in [-0.2, -0.15) is 0 Å². The molecular weight excluding hydrogens is 380 g/mol. The first-order valence-electron chi connectivity index (χ1n) is 9.07. The summed E-state index contributed by atoms with van der Waals surface area (Å²) >= 11 is 0. The SMILES string of the molecule is NC1CCC(Nc2cc(Nc3ccc(S(N)(=O)=O)cc3)[n+]3[nH]cnc3n2)CC1. The summed E-state index contributed by atoms with van der Waals surface area (Å²) in [5.74, 6) is 1.94. The lowest BCUT2D eigenvalue weighted by atomic mass is 9.92. The number of H-pyrrole nitrogens is 1. The number of nitrogens with two attached hydrogens (primary N) is 2. The minimum absolute atomic E-state index is 0.0602. The fraction of sp³-hybridized carbons (Fsp3) is 0.353. The molecule has 28 heavy (non-hydrogen) atoms. The number of fused-ring (bicyclic) bond motifs is 1. The quantitative estimate of drug-likeness (QED) is 0.391. The molecule has 1 saturated carbocycles. The Bertz CT molecular complexity index is 1070. The van der Waals surface area contributed by atoms with Crippen molar-refractivity contribution in [2.24, 2.45) is 10.9 Å². The fourth-order valence-electron chi connectivity index (χ4n) is 3.36. The first-order valence-corrected chi connectivity index (χ1v) is 10.6. The Kier molecular flexibility index (Phi) is 4.87. The first kappa shape index (κ1) is 18.6. The minimum Gasteiger partial charge on any atom is -0.357 e. The number of primary sulfonamides is 1. The molecule has 10 nitrogen and oxygen atoms in total. The number of aromatic amines is 1. The van der Waals surface area contributed by atoms with Crippen molar-refractivity contribution in [1.82, 2.24) is 15.1 Å². The molecule has 1 aliphatic rings. The maximum Gasteiger partial charge on any atom is 0.410 e. The molecule has 0 unspecified atom stereocenters. The van der Waals surface area contributed by atoms with Crippen molar-refractivity contribution in [1.29, 1.82) is 0 Å². The molecule has 1 aliphatic carbocycles. The molecular formula is C17H23N8O2S+. The molecule has 4 rings (SSSR count). The summed E-state index contributed by atoms with van der Waals surface area (Å²) in [6.45, 7) is 0. The van der Waals surface area contributed by atoms with Crippen LogP contribution in [0.5, 0.6) is 0 Å². The highest BCUT2D eigenvalue weighted by Crippen LogP contribution is 2.22. The van der Waals surface area contributed by atoms with Gasteiger partial charge in [0.1, 0.15) is 0 Å². The molecule has 3 aromatic rings. The lowest BCUT2D eigenvalue weighted by Crippen LogP contribution is -2.34. The first-order chi connectivity index (χ1) is 13.4. The van der Waals surface area contributed by atoms with E-state index in [1.807, 2.05) is 6.07 Å². The number of rotatable bonds is 5. The van der Waals surface area contributed by atoms with Crippen LogP contribution in [-0.2, 0) is 10.0 Å². The molecule has 7 N–H and O–H groups in total. The summed E-state index contributed by atoms with van der Waals surface area (Å²) in [7, 11) is -3.72. The lowest BCUT2D eigenvalue weighted by molar-refractivity contribution is -0.564. The van der Waals surface area contributed by atoms with Crippen molar-refractivity contribution in [2.75, 3.05) is 10.6 Å². The summed E-state index contributed by atoms with van der Waals surface area (Å²) in [5.41, 5.74) is 6.69. The van der Waals surface area contributed by atoms with Crippen LogP contribution in [-0.4, -0.2) is 35.6 Å². The van der Waals surface area contributed by atoms with Gasteiger partial charge in [0.2, 0.25) is 15.8 Å². The molecule has 0 spiro atoms. The van der Waals surface area contributed by atoms with E-state index in [2.05, 4.69) is 25.7 Å². The topological polar surface area (TPSA) is 156 Å². The molecule has 0 saturated heterocycles. The van der Waals surface area contributed by atoms with E-state index in [4.69, 9.17) is 10.9 Å². The number of anilines is 3. The minimum atomic E-state index is -3.72. The summed E-state index contributed by atoms with van der Waals surface area (Å²) < 4.78 is 24.5. The van der Waals surface area contributed by atoms with E-state index in [0.29, 0.717) is 23.3 Å². The average molecular weight is 403 g/mol. The molecule has 0 amide bonds. The van der Waals surface area contributed by atoms with Crippen molar-refractivity contribution < 1.29 is 12.9 Å². The number of aromatic nitrogens is 4. The molecule has 0 aliphatic heterocycles. The van der Waals surface area contributed by atoms with Crippen molar-refractivity contribution in [3.8, 4) is 0 Å². The summed E-state index contributed by atoms with van der Waals surface area (Å²) in [6, 6.07) is 8.71. The highest BCUT2D eigenvalue weighted by Gasteiger charge is 2.21. The van der Waals surface area contributed by atoms with Gasteiger partial charge in [0.05, 0.1) is 16.6 Å². The van der Waals surface area contributed by atoms with Crippen LogP contribution < -0.4 is 26.0 Å². The lowest BCUT2D eigenvalue weighted by Gasteiger charge is -2.26. The van der Waals surface area contributed by atoms with Gasteiger partial charge in [0, 0.05) is 12.1 Å². The van der Waals surface area contributed by atoms with Crippen molar-refractivity contribution in [2.45, 2.75) is 42.7 Å².